The summed E-state index contributed by atoms with van der Waals surface area (Å²) >= 11 is 0. The summed E-state index contributed by atoms with van der Waals surface area (Å²) in [5, 5.41) is 33.0. The smallest absolute Gasteiger partial charge is 0.177 e. The van der Waals surface area contributed by atoms with Gasteiger partial charge in [-0.05, 0) is 70.3 Å². The average molecular weight is 609 g/mol. The lowest BCUT2D eigenvalue weighted by Crippen LogP contribution is -2.44. The fourth-order valence-corrected chi connectivity index (χ4v) is 7.05. The molecule has 0 amide bonds. The van der Waals surface area contributed by atoms with Crippen molar-refractivity contribution in [3.8, 4) is 0 Å². The Morgan fingerprint density at radius 1 is 0.884 bits per heavy atom. The molecule has 0 unspecified atom stereocenters. The molecule has 3 aliphatic heterocycles. The van der Waals surface area contributed by atoms with Gasteiger partial charge in [0.25, 0.3) is 0 Å². The van der Waals surface area contributed by atoms with E-state index in [2.05, 4.69) is 33.4 Å². The van der Waals surface area contributed by atoms with Crippen molar-refractivity contribution in [1.29, 1.82) is 0 Å². The molecule has 43 heavy (non-hydrogen) atoms. The molecular formula is C36H64O7. The van der Waals surface area contributed by atoms with Gasteiger partial charge in [-0.15, -0.1) is 0 Å². The maximum Gasteiger partial charge on any atom is 0.177 e. The number of fused-ring (bicyclic) bond motifs is 4. The van der Waals surface area contributed by atoms with Crippen LogP contribution in [0.4, 0.5) is 0 Å². The van der Waals surface area contributed by atoms with E-state index in [0.717, 1.165) is 51.4 Å². The lowest BCUT2D eigenvalue weighted by atomic mass is 9.69. The summed E-state index contributed by atoms with van der Waals surface area (Å²) in [5.41, 5.74) is -1.42. The van der Waals surface area contributed by atoms with Gasteiger partial charge in [0.05, 0.1) is 49.0 Å². The average Bonchev–Trinajstić information content (AvgIpc) is 2.96. The van der Waals surface area contributed by atoms with Gasteiger partial charge in [-0.2, -0.15) is 0 Å². The van der Waals surface area contributed by atoms with Crippen LogP contribution in [-0.2, 0) is 18.9 Å². The Labute approximate surface area is 262 Å². The van der Waals surface area contributed by atoms with E-state index in [-0.39, 0.29) is 24.9 Å². The van der Waals surface area contributed by atoms with Crippen molar-refractivity contribution in [1.82, 2.24) is 0 Å². The van der Waals surface area contributed by atoms with Crippen LogP contribution in [0.15, 0.2) is 24.5 Å². The van der Waals surface area contributed by atoms with Crippen molar-refractivity contribution in [3.63, 3.8) is 0 Å². The largest absolute Gasteiger partial charge is 0.493 e. The normalized spacial score (nSPS) is 35.5. The van der Waals surface area contributed by atoms with Gasteiger partial charge < -0.3 is 34.3 Å². The van der Waals surface area contributed by atoms with Gasteiger partial charge in [-0.3, -0.25) is 0 Å². The maximum absolute atomic E-state index is 12.2. The zero-order valence-corrected chi connectivity index (χ0v) is 27.6. The number of aliphatic hydroxyl groups is 3. The monoisotopic (exact) mass is 608 g/mol. The zero-order chi connectivity index (χ0) is 31.1. The molecular weight excluding hydrogens is 544 g/mol. The SMILES string of the molecule is C=C1C[C@H](O)C[C@@H]2CCC[C@H](C[C@@H]3CCO[C@H](/C=C/C(C)(C)[C@](O)(CCCCCCCCCC)CCC[C@H](CO)O1)O3)O2. The lowest BCUT2D eigenvalue weighted by Gasteiger charge is -2.42. The van der Waals surface area contributed by atoms with Crippen LogP contribution < -0.4 is 0 Å². The molecule has 7 nitrogen and oxygen atoms in total. The maximum atomic E-state index is 12.2. The standard InChI is InChI=1S/C36H64O7/c1-5-6-7-8-9-10-11-12-20-36(39)21-14-17-33(27-37)41-28(2)24-29(38)25-30-15-13-16-31(42-30)26-32-19-23-40-34(43-32)18-22-35(36,3)4/h18,22,29-34,37-39H,2,5-17,19-21,23-27H2,1,3-4H3/b22-18+/t29-,30-,31+,32-,33+,34-,36-/m0/s1. The molecule has 0 aromatic heterocycles. The molecule has 0 aromatic carbocycles. The Hall–Kier alpha value is -0.960. The molecule has 2 fully saturated rings. The summed E-state index contributed by atoms with van der Waals surface area (Å²) in [4.78, 5) is 0. The molecule has 250 valence electrons. The number of hydrogen-bond acceptors (Lipinski definition) is 7. The zero-order valence-electron chi connectivity index (χ0n) is 27.6. The summed E-state index contributed by atoms with van der Waals surface area (Å²) in [6, 6.07) is 0. The third-order valence-corrected chi connectivity index (χ3v) is 9.98. The fourth-order valence-electron chi connectivity index (χ4n) is 7.05. The third-order valence-electron chi connectivity index (χ3n) is 9.98. The van der Waals surface area contributed by atoms with Crippen molar-refractivity contribution < 1.29 is 34.3 Å². The number of unbranched alkanes of at least 4 members (excludes halogenated alkanes) is 7. The Kier molecular flexibility index (Phi) is 16.0. The van der Waals surface area contributed by atoms with E-state index in [4.69, 9.17) is 18.9 Å². The molecule has 2 saturated heterocycles. The Morgan fingerprint density at radius 3 is 2.28 bits per heavy atom. The second kappa shape index (κ2) is 18.9. The first kappa shape index (κ1) is 36.5. The van der Waals surface area contributed by atoms with E-state index in [1.807, 2.05) is 6.08 Å². The van der Waals surface area contributed by atoms with Crippen molar-refractivity contribution in [2.75, 3.05) is 13.2 Å². The van der Waals surface area contributed by atoms with E-state index in [1.165, 1.54) is 38.5 Å². The summed E-state index contributed by atoms with van der Waals surface area (Å²) in [7, 11) is 0. The first-order chi connectivity index (χ1) is 20.6. The van der Waals surface area contributed by atoms with Crippen molar-refractivity contribution in [2.45, 2.75) is 185 Å². The van der Waals surface area contributed by atoms with Gasteiger partial charge in [0, 0.05) is 11.8 Å². The van der Waals surface area contributed by atoms with Crippen LogP contribution in [-0.4, -0.2) is 70.9 Å². The molecule has 3 rings (SSSR count). The fraction of sp³-hybridized carbons (Fsp3) is 0.889. The van der Waals surface area contributed by atoms with Crippen LogP contribution in [0.2, 0.25) is 0 Å². The molecule has 3 heterocycles. The molecule has 0 aromatic rings. The van der Waals surface area contributed by atoms with Gasteiger partial charge in [0.1, 0.15) is 6.10 Å². The molecule has 4 bridgehead atoms. The second-order valence-electron chi connectivity index (χ2n) is 14.1. The Morgan fingerprint density at radius 2 is 1.56 bits per heavy atom. The third kappa shape index (κ3) is 12.8. The van der Waals surface area contributed by atoms with Gasteiger partial charge in [-0.25, -0.2) is 0 Å². The molecule has 7 atom stereocenters. The lowest BCUT2D eigenvalue weighted by molar-refractivity contribution is -0.199. The topological polar surface area (TPSA) is 97.6 Å². The molecule has 0 spiro atoms. The van der Waals surface area contributed by atoms with E-state index in [1.54, 1.807) is 0 Å². The minimum atomic E-state index is -0.918. The highest BCUT2D eigenvalue weighted by molar-refractivity contribution is 5.08. The number of rotatable bonds is 10. The minimum absolute atomic E-state index is 0.0100. The Bertz CT molecular complexity index is 813. The Balaban J connectivity index is 1.71. The van der Waals surface area contributed by atoms with Crippen LogP contribution in [0.25, 0.3) is 0 Å². The van der Waals surface area contributed by atoms with Crippen molar-refractivity contribution in [3.05, 3.63) is 24.5 Å². The first-order valence-electron chi connectivity index (χ1n) is 17.6. The van der Waals surface area contributed by atoms with Crippen LogP contribution in [0, 0.1) is 5.41 Å². The highest BCUT2D eigenvalue weighted by Crippen LogP contribution is 2.41. The predicted molar refractivity (Wildman–Crippen MR) is 172 cm³/mol. The summed E-state index contributed by atoms with van der Waals surface area (Å²) in [5.74, 6) is 0.493. The number of ether oxygens (including phenoxy) is 4. The van der Waals surface area contributed by atoms with Crippen LogP contribution >= 0.6 is 0 Å². The van der Waals surface area contributed by atoms with E-state index in [0.29, 0.717) is 44.5 Å². The van der Waals surface area contributed by atoms with E-state index in [9.17, 15) is 15.3 Å². The van der Waals surface area contributed by atoms with Crippen molar-refractivity contribution in [2.24, 2.45) is 5.41 Å². The number of aliphatic hydroxyl groups excluding tert-OH is 2. The van der Waals surface area contributed by atoms with Gasteiger partial charge in [0.15, 0.2) is 6.29 Å². The van der Waals surface area contributed by atoms with Crippen LogP contribution in [0.3, 0.4) is 0 Å². The molecule has 3 aliphatic rings. The van der Waals surface area contributed by atoms with Gasteiger partial charge in [-0.1, -0.05) is 84.8 Å². The van der Waals surface area contributed by atoms with E-state index < -0.39 is 29.5 Å². The highest BCUT2D eigenvalue weighted by Gasteiger charge is 2.41. The molecule has 3 N–H and O–H groups in total. The van der Waals surface area contributed by atoms with Crippen LogP contribution in [0.1, 0.15) is 143 Å². The van der Waals surface area contributed by atoms with Crippen molar-refractivity contribution >= 4 is 0 Å². The molecule has 0 radical (unpaired) electrons. The highest BCUT2D eigenvalue weighted by atomic mass is 16.7. The van der Waals surface area contributed by atoms with Crippen LogP contribution in [0.5, 0.6) is 0 Å². The molecule has 7 heteroatoms. The molecule has 0 aliphatic carbocycles. The van der Waals surface area contributed by atoms with E-state index >= 15 is 0 Å². The second-order valence-corrected chi connectivity index (χ2v) is 14.1. The quantitative estimate of drug-likeness (QED) is 0.174. The predicted octanol–water partition coefficient (Wildman–Crippen LogP) is 7.51. The minimum Gasteiger partial charge on any atom is -0.493 e. The first-order valence-corrected chi connectivity index (χ1v) is 17.6. The number of hydrogen-bond donors (Lipinski definition) is 3. The summed E-state index contributed by atoms with van der Waals surface area (Å²) in [6.07, 6.45) is 20.8. The van der Waals surface area contributed by atoms with Gasteiger partial charge in [0.2, 0.25) is 0 Å². The molecule has 0 saturated carbocycles. The van der Waals surface area contributed by atoms with Gasteiger partial charge >= 0.3 is 0 Å². The summed E-state index contributed by atoms with van der Waals surface area (Å²) < 4.78 is 24.7. The summed E-state index contributed by atoms with van der Waals surface area (Å²) in [6.45, 7) is 11.0.